The molecule has 9 heteroatoms. The van der Waals surface area contributed by atoms with E-state index < -0.39 is 17.8 Å². The van der Waals surface area contributed by atoms with E-state index in [-0.39, 0.29) is 17.4 Å². The molecule has 0 radical (unpaired) electrons. The zero-order valence-electron chi connectivity index (χ0n) is 15.6. The van der Waals surface area contributed by atoms with Gasteiger partial charge in [0.15, 0.2) is 0 Å². The Morgan fingerprint density at radius 3 is 2.63 bits per heavy atom. The fourth-order valence-electron chi connectivity index (χ4n) is 1.96. The van der Waals surface area contributed by atoms with Crippen LogP contribution in [0.25, 0.3) is 0 Å². The Morgan fingerprint density at radius 2 is 2.00 bits per heavy atom. The van der Waals surface area contributed by atoms with Crippen molar-refractivity contribution in [2.24, 2.45) is 5.10 Å². The van der Waals surface area contributed by atoms with Crippen molar-refractivity contribution < 1.29 is 29.0 Å². The highest BCUT2D eigenvalue weighted by atomic mass is 16.5. The summed E-state index contributed by atoms with van der Waals surface area (Å²) in [6, 6.07) is 4.32. The number of nitrogens with one attached hydrogen (secondary N) is 2. The summed E-state index contributed by atoms with van der Waals surface area (Å²) in [6.45, 7) is 6.64. The van der Waals surface area contributed by atoms with Crippen molar-refractivity contribution in [2.45, 2.75) is 33.3 Å². The molecule has 27 heavy (non-hydrogen) atoms. The van der Waals surface area contributed by atoms with Gasteiger partial charge in [-0.05, 0) is 51.0 Å². The lowest BCUT2D eigenvalue weighted by molar-refractivity contribution is -0.255. The normalized spacial score (nSPS) is 10.8. The Labute approximate surface area is 157 Å². The molecule has 2 amide bonds. The molecule has 0 saturated heterocycles. The quantitative estimate of drug-likeness (QED) is 0.252. The van der Waals surface area contributed by atoms with Crippen molar-refractivity contribution >= 4 is 24.0 Å². The third-order valence-electron chi connectivity index (χ3n) is 3.17. The molecule has 0 aliphatic rings. The lowest BCUT2D eigenvalue weighted by atomic mass is 10.1. The van der Waals surface area contributed by atoms with Gasteiger partial charge in [-0.15, -0.1) is 0 Å². The topological polar surface area (TPSA) is 129 Å². The number of carboxylic acid groups (broad SMARTS) is 1. The summed E-state index contributed by atoms with van der Waals surface area (Å²) in [5.41, 5.74) is 2.33. The Bertz CT molecular complexity index is 688. The van der Waals surface area contributed by atoms with Gasteiger partial charge in [0, 0.05) is 18.7 Å². The molecule has 0 aliphatic carbocycles. The average Bonchev–Trinajstić information content (AvgIpc) is 2.62. The summed E-state index contributed by atoms with van der Waals surface area (Å²) in [6.07, 6.45) is 1.90. The second-order valence-electron chi connectivity index (χ2n) is 5.70. The standard InChI is InChI=1S/C18H25N3O6/c1-4-26-15-7-6-13(10-14(15)18(24)25)11-20-21-17(23)16(22)19-8-5-9-27-12(2)3/h6-7,10-12H,4-5,8-9H2,1-3H3,(H,19,22)(H,21,23)(H,24,25)/p-1/b20-11-. The van der Waals surface area contributed by atoms with Crippen LogP contribution in [0.15, 0.2) is 23.3 Å². The first-order valence-electron chi connectivity index (χ1n) is 8.56. The summed E-state index contributed by atoms with van der Waals surface area (Å²) in [5.74, 6) is -2.96. The van der Waals surface area contributed by atoms with Crippen LogP contribution in [-0.2, 0) is 14.3 Å². The van der Waals surface area contributed by atoms with Gasteiger partial charge in [0.2, 0.25) is 0 Å². The zero-order valence-corrected chi connectivity index (χ0v) is 15.6. The SMILES string of the molecule is CCOc1ccc(/C=N\NC(=O)C(=O)NCCCOC(C)C)cc1C(=O)[O-]. The molecular weight excluding hydrogens is 354 g/mol. The first-order chi connectivity index (χ1) is 12.8. The number of hydrazone groups is 1. The number of ether oxygens (including phenoxy) is 2. The fourth-order valence-corrected chi connectivity index (χ4v) is 1.96. The molecule has 0 aromatic heterocycles. The van der Waals surface area contributed by atoms with Crippen LogP contribution in [0.3, 0.4) is 0 Å². The van der Waals surface area contributed by atoms with E-state index >= 15 is 0 Å². The lowest BCUT2D eigenvalue weighted by Crippen LogP contribution is -2.38. The Balaban J connectivity index is 2.50. The average molecular weight is 378 g/mol. The number of carbonyl (C=O) groups is 3. The summed E-state index contributed by atoms with van der Waals surface area (Å²) in [4.78, 5) is 34.4. The maximum atomic E-state index is 11.6. The highest BCUT2D eigenvalue weighted by molar-refractivity contribution is 6.35. The number of nitrogens with zero attached hydrogens (tertiary/aromatic N) is 1. The first kappa shape index (κ1) is 22.1. The molecule has 148 valence electrons. The number of benzene rings is 1. The van der Waals surface area contributed by atoms with Crippen molar-refractivity contribution in [3.8, 4) is 5.75 Å². The minimum Gasteiger partial charge on any atom is -0.545 e. The van der Waals surface area contributed by atoms with Crippen LogP contribution in [0.5, 0.6) is 5.75 Å². The maximum absolute atomic E-state index is 11.6. The van der Waals surface area contributed by atoms with Crippen LogP contribution in [-0.4, -0.2) is 49.9 Å². The summed E-state index contributed by atoms with van der Waals surface area (Å²) in [7, 11) is 0. The molecule has 0 aliphatic heterocycles. The van der Waals surface area contributed by atoms with E-state index in [1.165, 1.54) is 18.3 Å². The lowest BCUT2D eigenvalue weighted by Gasteiger charge is -2.11. The van der Waals surface area contributed by atoms with Gasteiger partial charge in [-0.25, -0.2) is 5.43 Å². The van der Waals surface area contributed by atoms with E-state index in [0.717, 1.165) is 0 Å². The zero-order chi connectivity index (χ0) is 20.2. The highest BCUT2D eigenvalue weighted by Crippen LogP contribution is 2.18. The van der Waals surface area contributed by atoms with Crippen LogP contribution >= 0.6 is 0 Å². The molecule has 0 heterocycles. The molecular formula is C18H24N3O6-. The molecule has 0 unspecified atom stereocenters. The summed E-state index contributed by atoms with van der Waals surface area (Å²) < 4.78 is 10.5. The summed E-state index contributed by atoms with van der Waals surface area (Å²) in [5, 5.41) is 17.2. The molecule has 1 aromatic rings. The van der Waals surface area contributed by atoms with Gasteiger partial charge in [0.05, 0.1) is 24.9 Å². The smallest absolute Gasteiger partial charge is 0.329 e. The van der Waals surface area contributed by atoms with E-state index in [1.807, 2.05) is 13.8 Å². The van der Waals surface area contributed by atoms with E-state index in [9.17, 15) is 19.5 Å². The van der Waals surface area contributed by atoms with Gasteiger partial charge in [-0.1, -0.05) is 0 Å². The first-order valence-corrected chi connectivity index (χ1v) is 8.56. The third-order valence-corrected chi connectivity index (χ3v) is 3.17. The van der Waals surface area contributed by atoms with Gasteiger partial charge in [-0.2, -0.15) is 5.10 Å². The fraction of sp³-hybridized carbons (Fsp3) is 0.444. The molecule has 0 bridgehead atoms. The predicted molar refractivity (Wildman–Crippen MR) is 96.4 cm³/mol. The van der Waals surface area contributed by atoms with Crippen LogP contribution in [0.2, 0.25) is 0 Å². The van der Waals surface area contributed by atoms with Gasteiger partial charge in [-0.3, -0.25) is 9.59 Å². The molecule has 0 atom stereocenters. The predicted octanol–water partition coefficient (Wildman–Crippen LogP) is -0.170. The largest absolute Gasteiger partial charge is 0.545 e. The minimum atomic E-state index is -1.39. The Kier molecular flexibility index (Phi) is 9.52. The van der Waals surface area contributed by atoms with Crippen LogP contribution < -0.4 is 20.6 Å². The van der Waals surface area contributed by atoms with E-state index in [4.69, 9.17) is 9.47 Å². The molecule has 0 fully saturated rings. The maximum Gasteiger partial charge on any atom is 0.329 e. The van der Waals surface area contributed by atoms with E-state index in [0.29, 0.717) is 31.7 Å². The molecule has 2 N–H and O–H groups in total. The van der Waals surface area contributed by atoms with Crippen LogP contribution in [0, 0.1) is 0 Å². The van der Waals surface area contributed by atoms with Crippen LogP contribution in [0.4, 0.5) is 0 Å². The second-order valence-corrected chi connectivity index (χ2v) is 5.70. The van der Waals surface area contributed by atoms with Gasteiger partial charge >= 0.3 is 11.8 Å². The summed E-state index contributed by atoms with van der Waals surface area (Å²) >= 11 is 0. The van der Waals surface area contributed by atoms with Crippen molar-refractivity contribution in [2.75, 3.05) is 19.8 Å². The number of carboxylic acids is 1. The van der Waals surface area contributed by atoms with Gasteiger partial charge in [0.1, 0.15) is 5.75 Å². The van der Waals surface area contributed by atoms with Gasteiger partial charge in [0.25, 0.3) is 0 Å². The number of carbonyl (C=O) groups excluding carboxylic acids is 3. The monoisotopic (exact) mass is 378 g/mol. The van der Waals surface area contributed by atoms with Crippen molar-refractivity contribution in [1.29, 1.82) is 0 Å². The Morgan fingerprint density at radius 1 is 1.26 bits per heavy atom. The number of amides is 2. The Hall–Kier alpha value is -2.94. The van der Waals surface area contributed by atoms with Crippen LogP contribution in [0.1, 0.15) is 43.1 Å². The number of rotatable bonds is 10. The van der Waals surface area contributed by atoms with Crippen molar-refractivity contribution in [1.82, 2.24) is 10.7 Å². The van der Waals surface area contributed by atoms with Crippen molar-refractivity contribution in [3.05, 3.63) is 29.3 Å². The minimum absolute atomic E-state index is 0.110. The second kappa shape index (κ2) is 11.6. The van der Waals surface area contributed by atoms with Crippen molar-refractivity contribution in [3.63, 3.8) is 0 Å². The molecule has 1 rings (SSSR count). The molecule has 0 saturated carbocycles. The van der Waals surface area contributed by atoms with Gasteiger partial charge < -0.3 is 24.7 Å². The third kappa shape index (κ3) is 8.32. The number of hydrogen-bond donors (Lipinski definition) is 2. The molecule has 9 nitrogen and oxygen atoms in total. The number of hydrogen-bond acceptors (Lipinski definition) is 7. The van der Waals surface area contributed by atoms with E-state index in [1.54, 1.807) is 13.0 Å². The van der Waals surface area contributed by atoms with E-state index in [2.05, 4.69) is 15.8 Å². The molecule has 0 spiro atoms. The highest BCUT2D eigenvalue weighted by Gasteiger charge is 2.11. The number of aromatic carboxylic acids is 1. The molecule has 1 aromatic carbocycles.